The first-order chi connectivity index (χ1) is 7.12. The van der Waals surface area contributed by atoms with Crippen LogP contribution in [-0.4, -0.2) is 27.6 Å². The third kappa shape index (κ3) is 1.10. The molecule has 0 aliphatic carbocycles. The zero-order valence-electron chi connectivity index (χ0n) is 9.88. The van der Waals surface area contributed by atoms with Crippen molar-refractivity contribution < 1.29 is 0 Å². The molecule has 3 aliphatic heterocycles. The molecule has 3 fully saturated rings. The fourth-order valence-corrected chi connectivity index (χ4v) is 5.88. The molecule has 4 atom stereocenters. The van der Waals surface area contributed by atoms with Gasteiger partial charge in [-0.05, 0) is 44.3 Å². The molecule has 4 bridgehead atoms. The van der Waals surface area contributed by atoms with E-state index >= 15 is 0 Å². The second kappa shape index (κ2) is 3.04. The van der Waals surface area contributed by atoms with Gasteiger partial charge in [0, 0.05) is 12.1 Å². The van der Waals surface area contributed by atoms with Crippen LogP contribution in [0.15, 0.2) is 12.2 Å². The Morgan fingerprint density at radius 2 is 2.33 bits per heavy atom. The monoisotopic (exact) mass is 223 g/mol. The molecule has 84 valence electrons. The molecule has 0 aromatic heterocycles. The Morgan fingerprint density at radius 3 is 3.07 bits per heavy atom. The molecule has 0 aromatic rings. The molecule has 3 heterocycles. The van der Waals surface area contributed by atoms with Crippen molar-refractivity contribution in [1.29, 1.82) is 0 Å². The highest BCUT2D eigenvalue weighted by molar-refractivity contribution is 8.00. The highest BCUT2D eigenvalue weighted by Gasteiger charge is 2.62. The van der Waals surface area contributed by atoms with Gasteiger partial charge < -0.3 is 0 Å². The van der Waals surface area contributed by atoms with Gasteiger partial charge in [-0.2, -0.15) is 0 Å². The molecule has 3 saturated heterocycles. The van der Waals surface area contributed by atoms with Crippen LogP contribution < -0.4 is 0 Å². The summed E-state index contributed by atoms with van der Waals surface area (Å²) in [6.45, 7) is 10.4. The number of hydrogen-bond donors (Lipinski definition) is 0. The van der Waals surface area contributed by atoms with Crippen molar-refractivity contribution >= 4 is 11.8 Å². The first-order valence-electron chi connectivity index (χ1n) is 6.22. The quantitative estimate of drug-likeness (QED) is 0.661. The lowest BCUT2D eigenvalue weighted by atomic mass is 9.79. The van der Waals surface area contributed by atoms with Crippen LogP contribution in [0, 0.1) is 5.92 Å². The molecule has 0 saturated carbocycles. The van der Waals surface area contributed by atoms with Crippen LogP contribution in [0.3, 0.4) is 0 Å². The number of piperidine rings is 1. The van der Waals surface area contributed by atoms with Crippen LogP contribution in [0.25, 0.3) is 0 Å². The van der Waals surface area contributed by atoms with Crippen molar-refractivity contribution in [3.8, 4) is 0 Å². The summed E-state index contributed by atoms with van der Waals surface area (Å²) >= 11 is 2.17. The zero-order valence-corrected chi connectivity index (χ0v) is 10.7. The molecule has 1 unspecified atom stereocenters. The Kier molecular flexibility index (Phi) is 2.07. The number of rotatable bonds is 2. The molecule has 0 N–H and O–H groups in total. The Balaban J connectivity index is 2.03. The molecule has 0 spiro atoms. The van der Waals surface area contributed by atoms with Gasteiger partial charge in [0.05, 0.1) is 4.87 Å². The first-order valence-corrected chi connectivity index (χ1v) is 7.20. The van der Waals surface area contributed by atoms with Crippen LogP contribution >= 0.6 is 11.8 Å². The van der Waals surface area contributed by atoms with E-state index in [0.717, 1.165) is 5.92 Å². The second-order valence-electron chi connectivity index (χ2n) is 5.56. The molecule has 15 heavy (non-hydrogen) atoms. The molecule has 0 radical (unpaired) electrons. The fraction of sp³-hybridized carbons (Fsp3) is 0.846. The van der Waals surface area contributed by atoms with Gasteiger partial charge in [-0.15, -0.1) is 11.8 Å². The van der Waals surface area contributed by atoms with Gasteiger partial charge in [-0.1, -0.05) is 19.1 Å². The lowest BCUT2D eigenvalue weighted by Crippen LogP contribution is -2.53. The zero-order chi connectivity index (χ0) is 10.7. The molecule has 1 nitrogen and oxygen atoms in total. The average Bonchev–Trinajstić information content (AvgIpc) is 2.54. The maximum Gasteiger partial charge on any atom is 0.0712 e. The molecule has 2 heteroatoms. The molecule has 3 aliphatic rings. The standard InChI is InChI=1S/C13H21NS/c1-4-15-13-7-6-12(3)11(10(2)9-13)5-8-14(12)13/h11H,2,4-9H2,1,3H3/t11-,12+,13+/m1/s1. The molecular formula is C13H21NS. The highest BCUT2D eigenvalue weighted by atomic mass is 32.2. The SMILES string of the molecule is C=C1C[C@@]2(SCC)CC[C@@]3(C)[C@@H]1CCN23. The summed E-state index contributed by atoms with van der Waals surface area (Å²) in [5.74, 6) is 2.04. The van der Waals surface area contributed by atoms with Gasteiger partial charge in [0.1, 0.15) is 0 Å². The summed E-state index contributed by atoms with van der Waals surface area (Å²) < 4.78 is 0. The maximum absolute atomic E-state index is 4.37. The normalized spacial score (nSPS) is 52.5. The van der Waals surface area contributed by atoms with E-state index in [0.29, 0.717) is 10.4 Å². The topological polar surface area (TPSA) is 3.24 Å². The predicted octanol–water partition coefficient (Wildman–Crippen LogP) is 3.27. The van der Waals surface area contributed by atoms with E-state index < -0.39 is 0 Å². The van der Waals surface area contributed by atoms with Crippen LogP contribution in [-0.2, 0) is 0 Å². The number of nitrogens with zero attached hydrogens (tertiary/aromatic N) is 1. The molecule has 0 amide bonds. The van der Waals surface area contributed by atoms with Gasteiger partial charge in [-0.25, -0.2) is 0 Å². The Hall–Kier alpha value is 0.0500. The second-order valence-corrected chi connectivity index (χ2v) is 7.19. The van der Waals surface area contributed by atoms with Crippen molar-refractivity contribution in [3.05, 3.63) is 12.2 Å². The van der Waals surface area contributed by atoms with Gasteiger partial charge in [0.15, 0.2) is 0 Å². The fourth-order valence-electron chi connectivity index (χ4n) is 4.35. The predicted molar refractivity (Wildman–Crippen MR) is 67.1 cm³/mol. The Bertz CT molecular complexity index is 314. The van der Waals surface area contributed by atoms with E-state index in [2.05, 4.69) is 37.1 Å². The summed E-state index contributed by atoms with van der Waals surface area (Å²) in [6, 6.07) is 0. The summed E-state index contributed by atoms with van der Waals surface area (Å²) in [5, 5.41) is 0. The third-order valence-electron chi connectivity index (χ3n) is 4.93. The van der Waals surface area contributed by atoms with Crippen molar-refractivity contribution in [2.45, 2.75) is 49.9 Å². The van der Waals surface area contributed by atoms with Crippen molar-refractivity contribution in [3.63, 3.8) is 0 Å². The molecule has 0 aromatic carbocycles. The van der Waals surface area contributed by atoms with Gasteiger partial charge in [0.2, 0.25) is 0 Å². The van der Waals surface area contributed by atoms with Crippen molar-refractivity contribution in [2.24, 2.45) is 5.92 Å². The Morgan fingerprint density at radius 1 is 1.53 bits per heavy atom. The van der Waals surface area contributed by atoms with Crippen LogP contribution in [0.2, 0.25) is 0 Å². The smallest absolute Gasteiger partial charge is 0.0712 e. The van der Waals surface area contributed by atoms with E-state index in [1.165, 1.54) is 38.0 Å². The largest absolute Gasteiger partial charge is 0.283 e. The number of thioether (sulfide) groups is 1. The van der Waals surface area contributed by atoms with Crippen molar-refractivity contribution in [2.75, 3.05) is 12.3 Å². The summed E-state index contributed by atoms with van der Waals surface area (Å²) in [5.41, 5.74) is 2.02. The molecule has 3 rings (SSSR count). The van der Waals surface area contributed by atoms with Gasteiger partial charge in [-0.3, -0.25) is 4.90 Å². The average molecular weight is 223 g/mol. The molecular weight excluding hydrogens is 202 g/mol. The minimum Gasteiger partial charge on any atom is -0.283 e. The van der Waals surface area contributed by atoms with E-state index in [9.17, 15) is 0 Å². The van der Waals surface area contributed by atoms with E-state index in [4.69, 9.17) is 0 Å². The van der Waals surface area contributed by atoms with Crippen LogP contribution in [0.1, 0.15) is 39.5 Å². The first kappa shape index (κ1) is 10.2. The minimum absolute atomic E-state index is 0.438. The summed E-state index contributed by atoms with van der Waals surface area (Å²) in [7, 11) is 0. The van der Waals surface area contributed by atoms with Crippen LogP contribution in [0.5, 0.6) is 0 Å². The van der Waals surface area contributed by atoms with E-state index in [-0.39, 0.29) is 0 Å². The van der Waals surface area contributed by atoms with Crippen molar-refractivity contribution in [1.82, 2.24) is 4.90 Å². The Labute approximate surface area is 97.3 Å². The van der Waals surface area contributed by atoms with Gasteiger partial charge in [0.25, 0.3) is 0 Å². The lowest BCUT2D eigenvalue weighted by molar-refractivity contribution is 0.102. The summed E-state index contributed by atoms with van der Waals surface area (Å²) in [4.78, 5) is 3.26. The summed E-state index contributed by atoms with van der Waals surface area (Å²) in [6.07, 6.45) is 5.40. The van der Waals surface area contributed by atoms with E-state index in [1.807, 2.05) is 0 Å². The minimum atomic E-state index is 0.438. The number of hydrogen-bond acceptors (Lipinski definition) is 2. The third-order valence-corrected chi connectivity index (χ3v) is 6.33. The highest BCUT2D eigenvalue weighted by Crippen LogP contribution is 2.62. The van der Waals surface area contributed by atoms with Gasteiger partial charge >= 0.3 is 0 Å². The van der Waals surface area contributed by atoms with E-state index in [1.54, 1.807) is 5.57 Å². The maximum atomic E-state index is 4.37. The lowest BCUT2D eigenvalue weighted by Gasteiger charge is -2.48. The van der Waals surface area contributed by atoms with Crippen LogP contribution in [0.4, 0.5) is 0 Å².